The van der Waals surface area contributed by atoms with Crippen LogP contribution < -0.4 is 10.0 Å². The van der Waals surface area contributed by atoms with Gasteiger partial charge in [0.05, 0.1) is 5.25 Å². The monoisotopic (exact) mass is 319 g/mol. The molecule has 2 aliphatic rings. The topological polar surface area (TPSA) is 91.1 Å². The molecule has 3 N–H and O–H groups in total. The maximum Gasteiger partial charge on any atom is 0.267 e. The number of fused-ring (bicyclic) bond motifs is 1. The number of carbonyl (C=O) groups excluding carboxylic acids is 1. The van der Waals surface area contributed by atoms with Gasteiger partial charge in [-0.2, -0.15) is 0 Å². The van der Waals surface area contributed by atoms with E-state index in [4.69, 9.17) is 0 Å². The van der Waals surface area contributed by atoms with Crippen molar-refractivity contribution in [1.82, 2.24) is 10.3 Å². The molecule has 1 heterocycles. The Bertz CT molecular complexity index is 848. The Kier molecular flexibility index (Phi) is 2.94. The van der Waals surface area contributed by atoms with E-state index in [1.165, 1.54) is 0 Å². The van der Waals surface area contributed by atoms with Gasteiger partial charge >= 0.3 is 0 Å². The third kappa shape index (κ3) is 2.68. The number of benzene rings is 1. The van der Waals surface area contributed by atoms with Crippen LogP contribution in [0.25, 0.3) is 10.9 Å². The lowest BCUT2D eigenvalue weighted by molar-refractivity contribution is 0.0947. The van der Waals surface area contributed by atoms with Crippen molar-refractivity contribution in [1.29, 1.82) is 0 Å². The van der Waals surface area contributed by atoms with E-state index in [0.29, 0.717) is 17.4 Å². The van der Waals surface area contributed by atoms with E-state index in [2.05, 4.69) is 15.0 Å². The number of anilines is 1. The molecular weight excluding hydrogens is 302 g/mol. The minimum atomic E-state index is -3.27. The molecule has 1 amide bonds. The SMILES string of the molecule is O=C(NC1CC1)c1cc2cc(NS(=O)(=O)C3CC3)ccc2[nH]1. The van der Waals surface area contributed by atoms with Crippen molar-refractivity contribution in [2.24, 2.45) is 0 Å². The highest BCUT2D eigenvalue weighted by Gasteiger charge is 2.35. The summed E-state index contributed by atoms with van der Waals surface area (Å²) in [6.07, 6.45) is 3.54. The first-order chi connectivity index (χ1) is 10.5. The van der Waals surface area contributed by atoms with Gasteiger partial charge in [-0.3, -0.25) is 9.52 Å². The van der Waals surface area contributed by atoms with Gasteiger partial charge in [-0.25, -0.2) is 8.42 Å². The highest BCUT2D eigenvalue weighted by atomic mass is 32.2. The summed E-state index contributed by atoms with van der Waals surface area (Å²) in [7, 11) is -3.27. The second-order valence-corrected chi connectivity index (χ2v) is 8.04. The minimum absolute atomic E-state index is 0.112. The van der Waals surface area contributed by atoms with E-state index in [1.54, 1.807) is 24.3 Å². The Morgan fingerprint density at radius 2 is 1.91 bits per heavy atom. The number of hydrogen-bond acceptors (Lipinski definition) is 3. The van der Waals surface area contributed by atoms with Gasteiger partial charge in [0.2, 0.25) is 10.0 Å². The van der Waals surface area contributed by atoms with E-state index in [-0.39, 0.29) is 11.2 Å². The highest BCUT2D eigenvalue weighted by Crippen LogP contribution is 2.30. The number of rotatable bonds is 5. The number of nitrogens with one attached hydrogen (secondary N) is 3. The van der Waals surface area contributed by atoms with Crippen LogP contribution in [0.15, 0.2) is 24.3 Å². The fourth-order valence-corrected chi connectivity index (χ4v) is 3.81. The van der Waals surface area contributed by atoms with Crippen molar-refractivity contribution >= 4 is 32.5 Å². The first kappa shape index (κ1) is 13.6. The molecular formula is C15H17N3O3S. The van der Waals surface area contributed by atoms with Crippen LogP contribution in [0.5, 0.6) is 0 Å². The van der Waals surface area contributed by atoms with E-state index in [9.17, 15) is 13.2 Å². The summed E-state index contributed by atoms with van der Waals surface area (Å²) in [5.41, 5.74) is 1.85. The van der Waals surface area contributed by atoms with Crippen LogP contribution in [0.2, 0.25) is 0 Å². The van der Waals surface area contributed by atoms with E-state index < -0.39 is 10.0 Å². The number of amides is 1. The van der Waals surface area contributed by atoms with E-state index in [1.807, 2.05) is 0 Å². The molecule has 0 aliphatic heterocycles. The van der Waals surface area contributed by atoms with Crippen molar-refractivity contribution in [3.05, 3.63) is 30.0 Å². The molecule has 0 spiro atoms. The molecule has 0 bridgehead atoms. The van der Waals surface area contributed by atoms with E-state index in [0.717, 1.165) is 36.6 Å². The number of sulfonamides is 1. The van der Waals surface area contributed by atoms with Gasteiger partial charge in [0, 0.05) is 22.6 Å². The lowest BCUT2D eigenvalue weighted by atomic mass is 10.2. The minimum Gasteiger partial charge on any atom is -0.351 e. The molecule has 1 aromatic heterocycles. The van der Waals surface area contributed by atoms with Crippen LogP contribution in [0.4, 0.5) is 5.69 Å². The van der Waals surface area contributed by atoms with Crippen LogP contribution in [0.3, 0.4) is 0 Å². The van der Waals surface area contributed by atoms with Gasteiger partial charge < -0.3 is 10.3 Å². The molecule has 2 aromatic rings. The second-order valence-electron chi connectivity index (χ2n) is 6.08. The number of aromatic amines is 1. The van der Waals surface area contributed by atoms with Gasteiger partial charge in [0.1, 0.15) is 5.69 Å². The molecule has 6 nitrogen and oxygen atoms in total. The predicted molar refractivity (Wildman–Crippen MR) is 84.4 cm³/mol. The third-order valence-electron chi connectivity index (χ3n) is 4.00. The second kappa shape index (κ2) is 4.74. The van der Waals surface area contributed by atoms with Crippen molar-refractivity contribution in [3.8, 4) is 0 Å². The maximum atomic E-state index is 12.0. The Hall–Kier alpha value is -2.02. The van der Waals surface area contributed by atoms with E-state index >= 15 is 0 Å². The molecule has 0 radical (unpaired) electrons. The lowest BCUT2D eigenvalue weighted by Crippen LogP contribution is -2.25. The van der Waals surface area contributed by atoms with Crippen LogP contribution in [0.1, 0.15) is 36.2 Å². The highest BCUT2D eigenvalue weighted by molar-refractivity contribution is 7.93. The Morgan fingerprint density at radius 1 is 1.14 bits per heavy atom. The summed E-state index contributed by atoms with van der Waals surface area (Å²) in [4.78, 5) is 15.1. The summed E-state index contributed by atoms with van der Waals surface area (Å²) in [6, 6.07) is 7.30. The Labute approximate surface area is 128 Å². The van der Waals surface area contributed by atoms with Gasteiger partial charge in [0.15, 0.2) is 0 Å². The van der Waals surface area contributed by atoms with Crippen LogP contribution in [-0.2, 0) is 10.0 Å². The first-order valence-electron chi connectivity index (χ1n) is 7.46. The van der Waals surface area contributed by atoms with Gasteiger partial charge in [-0.05, 0) is 49.9 Å². The molecule has 4 rings (SSSR count). The lowest BCUT2D eigenvalue weighted by Gasteiger charge is -2.06. The normalized spacial score (nSPS) is 18.4. The number of hydrogen-bond donors (Lipinski definition) is 3. The van der Waals surface area contributed by atoms with Crippen molar-refractivity contribution in [2.75, 3.05) is 4.72 Å². The van der Waals surface area contributed by atoms with Crippen LogP contribution in [-0.4, -0.2) is 30.6 Å². The molecule has 116 valence electrons. The van der Waals surface area contributed by atoms with Gasteiger partial charge in [-0.1, -0.05) is 0 Å². The average molecular weight is 319 g/mol. The molecule has 7 heteroatoms. The fourth-order valence-electron chi connectivity index (χ4n) is 2.44. The molecule has 2 aliphatic carbocycles. The predicted octanol–water partition coefficient (Wildman–Crippen LogP) is 1.96. The summed E-state index contributed by atoms with van der Waals surface area (Å²) in [5, 5.41) is 3.49. The number of carbonyl (C=O) groups is 1. The zero-order valence-electron chi connectivity index (χ0n) is 11.9. The van der Waals surface area contributed by atoms with Crippen molar-refractivity contribution < 1.29 is 13.2 Å². The van der Waals surface area contributed by atoms with Gasteiger partial charge in [0.25, 0.3) is 5.91 Å². The smallest absolute Gasteiger partial charge is 0.267 e. The number of H-pyrrole nitrogens is 1. The quantitative estimate of drug-likeness (QED) is 0.787. The van der Waals surface area contributed by atoms with Gasteiger partial charge in [-0.15, -0.1) is 0 Å². The third-order valence-corrected chi connectivity index (χ3v) is 5.87. The zero-order chi connectivity index (χ0) is 15.3. The zero-order valence-corrected chi connectivity index (χ0v) is 12.7. The number of aromatic nitrogens is 1. The first-order valence-corrected chi connectivity index (χ1v) is 9.01. The van der Waals surface area contributed by atoms with Crippen molar-refractivity contribution in [2.45, 2.75) is 37.0 Å². The Balaban J connectivity index is 1.58. The largest absolute Gasteiger partial charge is 0.351 e. The molecule has 0 unspecified atom stereocenters. The summed E-state index contributed by atoms with van der Waals surface area (Å²) in [5.74, 6) is -0.112. The molecule has 2 saturated carbocycles. The van der Waals surface area contributed by atoms with Crippen LogP contribution >= 0.6 is 0 Å². The average Bonchev–Trinajstić information content (AvgIpc) is 3.35. The molecule has 2 fully saturated rings. The summed E-state index contributed by atoms with van der Waals surface area (Å²) in [6.45, 7) is 0. The molecule has 0 saturated heterocycles. The van der Waals surface area contributed by atoms with Crippen molar-refractivity contribution in [3.63, 3.8) is 0 Å². The standard InChI is InChI=1S/C15H17N3O3S/c19-15(16-10-1-2-10)14-8-9-7-11(3-6-13(9)17-14)18-22(20,21)12-4-5-12/h3,6-8,10,12,17-18H,1-2,4-5H2,(H,16,19). The Morgan fingerprint density at radius 3 is 2.59 bits per heavy atom. The fraction of sp³-hybridized carbons (Fsp3) is 0.400. The summed E-state index contributed by atoms with van der Waals surface area (Å²) < 4.78 is 26.5. The maximum absolute atomic E-state index is 12.0. The summed E-state index contributed by atoms with van der Waals surface area (Å²) >= 11 is 0. The molecule has 0 atom stereocenters. The van der Waals surface area contributed by atoms with Crippen LogP contribution in [0, 0.1) is 0 Å². The molecule has 22 heavy (non-hydrogen) atoms. The molecule has 1 aromatic carbocycles.